The Balaban J connectivity index is 1.94. The molecule has 19 nitrogen and oxygen atoms in total. The normalized spacial score (nSPS) is 17.0. The van der Waals surface area contributed by atoms with Crippen LogP contribution in [0.4, 0.5) is 4.79 Å². The molecule has 0 fully saturated rings. The number of amides is 5. The fraction of sp³-hybridized carbons (Fsp3) is 0.651. The summed E-state index contributed by atoms with van der Waals surface area (Å²) in [5.74, 6) is -2.58. The van der Waals surface area contributed by atoms with E-state index in [1.807, 2.05) is 13.8 Å². The quantitative estimate of drug-likeness (QED) is 0.143. The summed E-state index contributed by atoms with van der Waals surface area (Å²) in [6.07, 6.45) is 6.53. The average Bonchev–Trinajstić information content (AvgIpc) is 3.22. The van der Waals surface area contributed by atoms with E-state index in [1.165, 1.54) is 24.3 Å². The molecule has 5 rings (SSSR count). The molecule has 0 saturated heterocycles. The minimum Gasteiger partial charge on any atom is -0.444 e. The lowest BCUT2D eigenvalue weighted by Crippen LogP contribution is -2.47. The lowest BCUT2D eigenvalue weighted by molar-refractivity contribution is 0.0526. The molecule has 5 heterocycles. The summed E-state index contributed by atoms with van der Waals surface area (Å²) in [4.78, 5) is 105. The van der Waals surface area contributed by atoms with Crippen LogP contribution in [0.25, 0.3) is 0 Å². The molecule has 0 unspecified atom stereocenters. The smallest absolute Gasteiger partial charge is 0.407 e. The second-order valence-electron chi connectivity index (χ2n) is 16.1. The fourth-order valence-electron chi connectivity index (χ4n) is 6.16. The zero-order chi connectivity index (χ0) is 45.3. The van der Waals surface area contributed by atoms with Gasteiger partial charge in [0.25, 0.3) is 34.7 Å². The number of hydrogen-bond donors (Lipinski definition) is 7. The maximum absolute atomic E-state index is 14.0. The summed E-state index contributed by atoms with van der Waals surface area (Å²) < 4.78 is 6.97. The van der Waals surface area contributed by atoms with Crippen LogP contribution in [0.2, 0.25) is 0 Å². The second-order valence-corrected chi connectivity index (χ2v) is 16.1. The van der Waals surface area contributed by atoms with Crippen molar-refractivity contribution in [2.45, 2.75) is 117 Å². The van der Waals surface area contributed by atoms with Crippen LogP contribution in [-0.4, -0.2) is 116 Å². The lowest BCUT2D eigenvalue weighted by atomic mass is 10.1. The summed E-state index contributed by atoms with van der Waals surface area (Å²) >= 11 is 0. The highest BCUT2D eigenvalue weighted by atomic mass is 16.7. The zero-order valence-electron chi connectivity index (χ0n) is 37.2. The van der Waals surface area contributed by atoms with Gasteiger partial charge in [0.15, 0.2) is 0 Å². The van der Waals surface area contributed by atoms with Gasteiger partial charge in [-0.25, -0.2) is 4.79 Å². The van der Waals surface area contributed by atoms with Gasteiger partial charge in [0.05, 0.1) is 0 Å². The summed E-state index contributed by atoms with van der Waals surface area (Å²) in [6, 6.07) is 4.53. The van der Waals surface area contributed by atoms with E-state index in [2.05, 4.69) is 37.2 Å². The van der Waals surface area contributed by atoms with Gasteiger partial charge < -0.3 is 51.6 Å². The van der Waals surface area contributed by atoms with E-state index in [0.717, 1.165) is 48.2 Å². The molecule has 2 aromatic heterocycles. The van der Waals surface area contributed by atoms with E-state index >= 15 is 0 Å². The lowest BCUT2D eigenvalue weighted by Gasteiger charge is -2.22. The third kappa shape index (κ3) is 17.9. The number of alkyl carbamates (subject to hydrolysis) is 1. The van der Waals surface area contributed by atoms with Crippen molar-refractivity contribution in [3.05, 3.63) is 67.5 Å². The van der Waals surface area contributed by atoms with Crippen LogP contribution in [0.3, 0.4) is 0 Å². The number of aromatic nitrogens is 2. The van der Waals surface area contributed by atoms with E-state index in [4.69, 9.17) is 14.4 Å². The predicted octanol–water partition coefficient (Wildman–Crippen LogP) is 1.90. The first-order valence-electron chi connectivity index (χ1n) is 22.1. The highest BCUT2D eigenvalue weighted by Gasteiger charge is 2.25. The Morgan fingerprint density at radius 2 is 1.15 bits per heavy atom. The summed E-state index contributed by atoms with van der Waals surface area (Å²) in [5, 5.41) is 20.6. The van der Waals surface area contributed by atoms with E-state index in [-0.39, 0.29) is 48.8 Å². The van der Waals surface area contributed by atoms with Crippen molar-refractivity contribution in [2.24, 2.45) is 0 Å². The number of hydrogen-bond acceptors (Lipinski definition) is 12. The molecule has 7 N–H and O–H groups in total. The van der Waals surface area contributed by atoms with Crippen molar-refractivity contribution in [1.82, 2.24) is 46.7 Å². The minimum atomic E-state index is -0.797. The number of pyridine rings is 2. The molecule has 0 spiro atoms. The molecule has 2 aromatic rings. The standard InChI is InChI=1S/C43H69N9O10/c1-6-8-28-60-51-34-19-17-32(40(51)57)36(53)46-26-14-23-44-21-12-13-22-45-24-15-27-47-37(54)33-18-20-35(52(41(33)58)61-29-9-7-2)39(56)50-31(30-49-38(34)55)16-10-11-25-48-42(59)62-43(3,4)5/h17-20,31,44-45H,6-16,21-30H2,1-5H3,(H,46,53)(H,47,54)(H,48,59)(H,49,55)(H,50,56)/t31-/m0/s1. The Labute approximate surface area is 364 Å². The Kier molecular flexibility index (Phi) is 22.6. The van der Waals surface area contributed by atoms with E-state index in [9.17, 15) is 33.6 Å². The Bertz CT molecular complexity index is 1880. The largest absolute Gasteiger partial charge is 0.444 e. The number of nitrogens with one attached hydrogen (secondary N) is 7. The molecule has 3 aliphatic heterocycles. The molecule has 3 aliphatic rings. The van der Waals surface area contributed by atoms with Gasteiger partial charge >= 0.3 is 6.09 Å². The van der Waals surface area contributed by atoms with Crippen LogP contribution >= 0.6 is 0 Å². The first-order chi connectivity index (χ1) is 29.8. The topological polar surface area (TPSA) is 241 Å². The van der Waals surface area contributed by atoms with Gasteiger partial charge in [-0.3, -0.25) is 28.8 Å². The molecule has 4 bridgehead atoms. The molecule has 62 heavy (non-hydrogen) atoms. The van der Waals surface area contributed by atoms with Gasteiger partial charge in [-0.1, -0.05) is 26.7 Å². The van der Waals surface area contributed by atoms with Crippen molar-refractivity contribution < 1.29 is 38.4 Å². The molecular formula is C43H69N9O10. The molecular weight excluding hydrogens is 803 g/mol. The summed E-state index contributed by atoms with van der Waals surface area (Å²) in [7, 11) is 0. The van der Waals surface area contributed by atoms with Gasteiger partial charge in [0, 0.05) is 32.2 Å². The first-order valence-corrected chi connectivity index (χ1v) is 22.1. The highest BCUT2D eigenvalue weighted by molar-refractivity contribution is 5.97. The van der Waals surface area contributed by atoms with Crippen LogP contribution in [-0.2, 0) is 4.74 Å². The van der Waals surface area contributed by atoms with Gasteiger partial charge in [0.2, 0.25) is 0 Å². The fourth-order valence-corrected chi connectivity index (χ4v) is 6.16. The SMILES string of the molecule is CCCCOn1c2ccc(c1=O)C(=O)NCCCNCCCCNCCCNC(=O)c1ccc(n(OCCCC)c1=O)C(=O)N[C@@H](CCCCNC(=O)OC(C)(C)C)CNC2=O. The number of ether oxygens (including phenoxy) is 1. The van der Waals surface area contributed by atoms with Gasteiger partial charge in [-0.2, -0.15) is 0 Å². The van der Waals surface area contributed by atoms with Crippen LogP contribution < -0.4 is 58.0 Å². The summed E-state index contributed by atoms with van der Waals surface area (Å²) in [5.41, 5.74) is -2.93. The van der Waals surface area contributed by atoms with Crippen molar-refractivity contribution in [2.75, 3.05) is 65.6 Å². The van der Waals surface area contributed by atoms with Gasteiger partial charge in [0.1, 0.15) is 41.3 Å². The highest BCUT2D eigenvalue weighted by Crippen LogP contribution is 2.09. The number of unbranched alkanes of at least 4 members (excludes halogenated alkanes) is 3. The van der Waals surface area contributed by atoms with Crippen molar-refractivity contribution in [1.29, 1.82) is 0 Å². The van der Waals surface area contributed by atoms with E-state index in [1.54, 1.807) is 20.8 Å². The van der Waals surface area contributed by atoms with Crippen LogP contribution in [0.15, 0.2) is 33.9 Å². The number of carbonyl (C=O) groups is 5. The average molecular weight is 872 g/mol. The van der Waals surface area contributed by atoms with E-state index < -0.39 is 52.5 Å². The Hall–Kier alpha value is -5.43. The van der Waals surface area contributed by atoms with Gasteiger partial charge in [-0.15, -0.1) is 9.46 Å². The number of fused-ring (bicyclic) bond motifs is 2. The zero-order valence-corrected chi connectivity index (χ0v) is 37.2. The molecule has 0 saturated carbocycles. The molecule has 0 aromatic carbocycles. The molecule has 19 heteroatoms. The number of rotatable bonds is 13. The molecule has 5 amide bonds. The van der Waals surface area contributed by atoms with Crippen molar-refractivity contribution in [3.8, 4) is 0 Å². The summed E-state index contributed by atoms with van der Waals surface area (Å²) in [6.45, 7) is 13.1. The molecule has 346 valence electrons. The Morgan fingerprint density at radius 1 is 0.645 bits per heavy atom. The van der Waals surface area contributed by atoms with Crippen LogP contribution in [0.1, 0.15) is 147 Å². The molecule has 1 atom stereocenters. The first kappa shape index (κ1) is 50.9. The maximum atomic E-state index is 14.0. The number of carbonyl (C=O) groups excluding carboxylic acids is 5. The predicted molar refractivity (Wildman–Crippen MR) is 235 cm³/mol. The molecule has 0 aliphatic carbocycles. The van der Waals surface area contributed by atoms with Crippen molar-refractivity contribution >= 4 is 29.7 Å². The third-order valence-electron chi connectivity index (χ3n) is 9.55. The van der Waals surface area contributed by atoms with E-state index in [0.29, 0.717) is 71.1 Å². The van der Waals surface area contributed by atoms with Crippen molar-refractivity contribution in [3.63, 3.8) is 0 Å². The Morgan fingerprint density at radius 3 is 1.65 bits per heavy atom. The van der Waals surface area contributed by atoms with Gasteiger partial charge in [-0.05, 0) is 129 Å². The number of nitrogens with zero attached hydrogens (tertiary/aromatic N) is 2. The minimum absolute atomic E-state index is 0.107. The molecule has 0 radical (unpaired) electrons. The maximum Gasteiger partial charge on any atom is 0.407 e. The van der Waals surface area contributed by atoms with Crippen LogP contribution in [0.5, 0.6) is 0 Å². The third-order valence-corrected chi connectivity index (χ3v) is 9.55. The van der Waals surface area contributed by atoms with Crippen LogP contribution in [0, 0.1) is 0 Å². The monoisotopic (exact) mass is 872 g/mol. The second kappa shape index (κ2) is 27.5.